The van der Waals surface area contributed by atoms with E-state index >= 15 is 0 Å². The smallest absolute Gasteiger partial charge is 0.0426 e. The fourth-order valence-corrected chi connectivity index (χ4v) is 1.33. The molecule has 0 amide bonds. The van der Waals surface area contributed by atoms with Gasteiger partial charge in [-0.1, -0.05) is 31.5 Å². The molecule has 78 valence electrons. The molecule has 0 fully saturated rings. The van der Waals surface area contributed by atoms with Crippen molar-refractivity contribution in [3.63, 3.8) is 0 Å². The van der Waals surface area contributed by atoms with Crippen molar-refractivity contribution in [2.24, 2.45) is 5.92 Å². The Morgan fingerprint density at radius 3 is 2.43 bits per heavy atom. The van der Waals surface area contributed by atoms with Crippen molar-refractivity contribution < 1.29 is 0 Å². The third kappa shape index (κ3) is 2.91. The van der Waals surface area contributed by atoms with Crippen molar-refractivity contribution in [2.75, 3.05) is 5.32 Å². The SMILES string of the molecule is Cc1ccc(Cl)cc1NC(C)C(C)C. The molecule has 0 aromatic heterocycles. The average molecular weight is 212 g/mol. The predicted molar refractivity (Wildman–Crippen MR) is 64.1 cm³/mol. The van der Waals surface area contributed by atoms with Crippen LogP contribution in [-0.2, 0) is 0 Å². The Labute approximate surface area is 91.5 Å². The van der Waals surface area contributed by atoms with Gasteiger partial charge in [0.05, 0.1) is 0 Å². The highest BCUT2D eigenvalue weighted by Gasteiger charge is 2.08. The van der Waals surface area contributed by atoms with Gasteiger partial charge < -0.3 is 5.32 Å². The van der Waals surface area contributed by atoms with Crippen molar-refractivity contribution in [1.29, 1.82) is 0 Å². The van der Waals surface area contributed by atoms with E-state index in [1.165, 1.54) is 5.56 Å². The molecule has 0 radical (unpaired) electrons. The van der Waals surface area contributed by atoms with E-state index in [1.54, 1.807) is 0 Å². The Morgan fingerprint density at radius 1 is 1.21 bits per heavy atom. The van der Waals surface area contributed by atoms with Crippen molar-refractivity contribution in [3.05, 3.63) is 28.8 Å². The first-order valence-corrected chi connectivity index (χ1v) is 5.41. The van der Waals surface area contributed by atoms with Crippen LogP contribution in [0.3, 0.4) is 0 Å². The Bertz CT molecular complexity index is 307. The second-order valence-corrected chi connectivity index (χ2v) is 4.57. The van der Waals surface area contributed by atoms with Gasteiger partial charge >= 0.3 is 0 Å². The molecule has 14 heavy (non-hydrogen) atoms. The van der Waals surface area contributed by atoms with Gasteiger partial charge in [0, 0.05) is 16.8 Å². The van der Waals surface area contributed by atoms with Crippen LogP contribution in [0.5, 0.6) is 0 Å². The highest BCUT2D eigenvalue weighted by molar-refractivity contribution is 6.30. The second kappa shape index (κ2) is 4.70. The normalized spacial score (nSPS) is 13.0. The maximum Gasteiger partial charge on any atom is 0.0426 e. The van der Waals surface area contributed by atoms with Crippen LogP contribution in [0.25, 0.3) is 0 Å². The van der Waals surface area contributed by atoms with Crippen molar-refractivity contribution in [3.8, 4) is 0 Å². The summed E-state index contributed by atoms with van der Waals surface area (Å²) in [5.74, 6) is 0.619. The molecule has 0 bridgehead atoms. The van der Waals surface area contributed by atoms with Crippen LogP contribution in [0.2, 0.25) is 5.02 Å². The molecular weight excluding hydrogens is 194 g/mol. The molecule has 2 heteroatoms. The van der Waals surface area contributed by atoms with Crippen LogP contribution in [0.4, 0.5) is 5.69 Å². The quantitative estimate of drug-likeness (QED) is 0.794. The number of nitrogens with one attached hydrogen (secondary N) is 1. The van der Waals surface area contributed by atoms with Gasteiger partial charge in [-0.25, -0.2) is 0 Å². The first kappa shape index (κ1) is 11.4. The molecule has 0 aliphatic carbocycles. The van der Waals surface area contributed by atoms with E-state index in [2.05, 4.69) is 33.0 Å². The summed E-state index contributed by atoms with van der Waals surface area (Å²) in [4.78, 5) is 0. The molecule has 1 N–H and O–H groups in total. The Hall–Kier alpha value is -0.690. The van der Waals surface area contributed by atoms with E-state index in [-0.39, 0.29) is 0 Å². The van der Waals surface area contributed by atoms with Crippen LogP contribution < -0.4 is 5.32 Å². The van der Waals surface area contributed by atoms with Gasteiger partial charge in [0.1, 0.15) is 0 Å². The van der Waals surface area contributed by atoms with Crippen molar-refractivity contribution in [2.45, 2.75) is 33.7 Å². The summed E-state index contributed by atoms with van der Waals surface area (Å²) in [5, 5.41) is 4.25. The standard InChI is InChI=1S/C12H18ClN/c1-8(2)10(4)14-12-7-11(13)6-5-9(12)3/h5-8,10,14H,1-4H3. The topological polar surface area (TPSA) is 12.0 Å². The van der Waals surface area contributed by atoms with E-state index in [0.717, 1.165) is 10.7 Å². The predicted octanol–water partition coefficient (Wildman–Crippen LogP) is 4.10. The molecule has 0 saturated heterocycles. The zero-order valence-electron chi connectivity index (χ0n) is 9.26. The maximum atomic E-state index is 5.94. The second-order valence-electron chi connectivity index (χ2n) is 4.14. The van der Waals surface area contributed by atoms with Gasteiger partial charge in [0.15, 0.2) is 0 Å². The number of halogens is 1. The first-order valence-electron chi connectivity index (χ1n) is 5.03. The number of aryl methyl sites for hydroxylation is 1. The molecule has 0 saturated carbocycles. The molecule has 1 atom stereocenters. The molecule has 0 heterocycles. The number of hydrogen-bond acceptors (Lipinski definition) is 1. The van der Waals surface area contributed by atoms with E-state index < -0.39 is 0 Å². The molecule has 0 aliphatic rings. The number of anilines is 1. The molecule has 1 aromatic rings. The maximum absolute atomic E-state index is 5.94. The number of hydrogen-bond donors (Lipinski definition) is 1. The lowest BCUT2D eigenvalue weighted by atomic mass is 10.1. The Morgan fingerprint density at radius 2 is 1.86 bits per heavy atom. The molecule has 1 nitrogen and oxygen atoms in total. The highest BCUT2D eigenvalue weighted by atomic mass is 35.5. The molecule has 0 spiro atoms. The third-order valence-corrected chi connectivity index (χ3v) is 2.82. The minimum absolute atomic E-state index is 0.465. The number of rotatable bonds is 3. The molecule has 0 aliphatic heterocycles. The summed E-state index contributed by atoms with van der Waals surface area (Å²) in [6.45, 7) is 8.69. The van der Waals surface area contributed by atoms with E-state index in [4.69, 9.17) is 11.6 Å². The van der Waals surface area contributed by atoms with Gasteiger partial charge in [-0.15, -0.1) is 0 Å². The lowest BCUT2D eigenvalue weighted by Gasteiger charge is -2.20. The summed E-state index contributed by atoms with van der Waals surface area (Å²) in [6.07, 6.45) is 0. The molecule has 1 unspecified atom stereocenters. The minimum atomic E-state index is 0.465. The minimum Gasteiger partial charge on any atom is -0.382 e. The molecule has 1 aromatic carbocycles. The summed E-state index contributed by atoms with van der Waals surface area (Å²) in [7, 11) is 0. The highest BCUT2D eigenvalue weighted by Crippen LogP contribution is 2.22. The summed E-state index contributed by atoms with van der Waals surface area (Å²) < 4.78 is 0. The fourth-order valence-electron chi connectivity index (χ4n) is 1.16. The third-order valence-electron chi connectivity index (χ3n) is 2.58. The Kier molecular flexibility index (Phi) is 3.82. The van der Waals surface area contributed by atoms with Crippen LogP contribution in [0.1, 0.15) is 26.3 Å². The largest absolute Gasteiger partial charge is 0.382 e. The average Bonchev–Trinajstić information content (AvgIpc) is 2.11. The van der Waals surface area contributed by atoms with E-state index in [9.17, 15) is 0 Å². The lowest BCUT2D eigenvalue weighted by Crippen LogP contribution is -2.21. The first-order chi connectivity index (χ1) is 6.50. The van der Waals surface area contributed by atoms with Crippen LogP contribution >= 0.6 is 11.6 Å². The van der Waals surface area contributed by atoms with Gasteiger partial charge in [-0.2, -0.15) is 0 Å². The van der Waals surface area contributed by atoms with E-state index in [1.807, 2.05) is 18.2 Å². The zero-order valence-corrected chi connectivity index (χ0v) is 10.0. The van der Waals surface area contributed by atoms with Gasteiger partial charge in [-0.05, 0) is 37.5 Å². The summed E-state index contributed by atoms with van der Waals surface area (Å²) >= 11 is 5.94. The number of benzene rings is 1. The summed E-state index contributed by atoms with van der Waals surface area (Å²) in [6, 6.07) is 6.41. The van der Waals surface area contributed by atoms with Crippen LogP contribution in [0.15, 0.2) is 18.2 Å². The van der Waals surface area contributed by atoms with Crippen molar-refractivity contribution in [1.82, 2.24) is 0 Å². The summed E-state index contributed by atoms with van der Waals surface area (Å²) in [5.41, 5.74) is 2.38. The Balaban J connectivity index is 2.80. The van der Waals surface area contributed by atoms with Crippen molar-refractivity contribution >= 4 is 17.3 Å². The molecular formula is C12H18ClN. The van der Waals surface area contributed by atoms with Crippen LogP contribution in [0, 0.1) is 12.8 Å². The molecule has 1 rings (SSSR count). The van der Waals surface area contributed by atoms with Gasteiger partial charge in [-0.3, -0.25) is 0 Å². The van der Waals surface area contributed by atoms with Gasteiger partial charge in [0.2, 0.25) is 0 Å². The van der Waals surface area contributed by atoms with Crippen LogP contribution in [-0.4, -0.2) is 6.04 Å². The monoisotopic (exact) mass is 211 g/mol. The van der Waals surface area contributed by atoms with E-state index in [0.29, 0.717) is 12.0 Å². The van der Waals surface area contributed by atoms with Gasteiger partial charge in [0.25, 0.3) is 0 Å². The lowest BCUT2D eigenvalue weighted by molar-refractivity contribution is 0.560. The fraction of sp³-hybridized carbons (Fsp3) is 0.500. The zero-order chi connectivity index (χ0) is 10.7.